The molecule has 74 valence electrons. The number of anilines is 1. The van der Waals surface area contributed by atoms with Gasteiger partial charge in [-0.3, -0.25) is 0 Å². The highest BCUT2D eigenvalue weighted by Gasteiger charge is 1.99. The van der Waals surface area contributed by atoms with Crippen LogP contribution < -0.4 is 15.3 Å². The summed E-state index contributed by atoms with van der Waals surface area (Å²) in [6.07, 6.45) is 1.58. The van der Waals surface area contributed by atoms with Crippen LogP contribution in [-0.2, 0) is 0 Å². The molecule has 0 heterocycles. The maximum Gasteiger partial charge on any atom is 0.147 e. The molecule has 0 fully saturated rings. The third-order valence-corrected chi connectivity index (χ3v) is 1.65. The Bertz CT molecular complexity index is 300. The molecule has 0 saturated heterocycles. The number of hydroxylamine groups is 1. The van der Waals surface area contributed by atoms with E-state index in [2.05, 4.69) is 23.9 Å². The molecule has 0 aliphatic carbocycles. The Morgan fingerprint density at radius 2 is 2.07 bits per heavy atom. The van der Waals surface area contributed by atoms with Crippen molar-refractivity contribution < 1.29 is 4.84 Å². The zero-order valence-electron chi connectivity index (χ0n) is 8.10. The van der Waals surface area contributed by atoms with Crippen LogP contribution in [0.1, 0.15) is 0 Å². The summed E-state index contributed by atoms with van der Waals surface area (Å²) in [7, 11) is 1.70. The molecule has 1 rings (SSSR count). The van der Waals surface area contributed by atoms with Gasteiger partial charge in [0, 0.05) is 20.0 Å². The third kappa shape index (κ3) is 2.34. The lowest BCUT2D eigenvalue weighted by Gasteiger charge is -2.12. The number of rotatable bonds is 5. The largest absolute Gasteiger partial charge is 0.409 e. The lowest BCUT2D eigenvalue weighted by atomic mass is 10.3. The molecule has 0 bridgehead atoms. The van der Waals surface area contributed by atoms with Gasteiger partial charge in [0.2, 0.25) is 0 Å². The molecule has 0 saturated carbocycles. The van der Waals surface area contributed by atoms with E-state index in [0.29, 0.717) is 0 Å². The van der Waals surface area contributed by atoms with E-state index in [9.17, 15) is 0 Å². The van der Waals surface area contributed by atoms with E-state index in [4.69, 9.17) is 4.84 Å². The van der Waals surface area contributed by atoms with E-state index in [1.54, 1.807) is 18.3 Å². The van der Waals surface area contributed by atoms with Crippen molar-refractivity contribution in [3.63, 3.8) is 0 Å². The van der Waals surface area contributed by atoms with Crippen molar-refractivity contribution in [2.75, 3.05) is 12.1 Å². The molecular formula is C10H13N3O. The molecule has 1 aromatic carbocycles. The first kappa shape index (κ1) is 10.3. The smallest absolute Gasteiger partial charge is 0.147 e. The Morgan fingerprint density at radius 1 is 1.43 bits per heavy atom. The van der Waals surface area contributed by atoms with Crippen molar-refractivity contribution in [1.29, 1.82) is 0 Å². The predicted octanol–water partition coefficient (Wildman–Crippen LogP) is 1.77. The highest BCUT2D eigenvalue weighted by atomic mass is 16.6. The van der Waals surface area contributed by atoms with Crippen LogP contribution in [0.25, 0.3) is 0 Å². The molecular weight excluding hydrogens is 178 g/mol. The standard InChI is InChI=1S/C10H13N3O/c1-4-13(11-2)9-5-7-10(8-6-9)14-12-3/h4-8,12H,1-2H2,3H3. The predicted molar refractivity (Wildman–Crippen MR) is 58.4 cm³/mol. The van der Waals surface area contributed by atoms with Crippen LogP contribution in [0.4, 0.5) is 5.69 Å². The Morgan fingerprint density at radius 3 is 2.50 bits per heavy atom. The fourth-order valence-corrected chi connectivity index (χ4v) is 1.03. The molecule has 0 radical (unpaired) electrons. The molecule has 0 unspecified atom stereocenters. The first-order valence-corrected chi connectivity index (χ1v) is 4.14. The molecule has 0 atom stereocenters. The maximum absolute atomic E-state index is 5.07. The van der Waals surface area contributed by atoms with E-state index in [-0.39, 0.29) is 0 Å². The van der Waals surface area contributed by atoms with E-state index < -0.39 is 0 Å². The van der Waals surface area contributed by atoms with Crippen molar-refractivity contribution in [2.24, 2.45) is 5.10 Å². The number of hydrazone groups is 1. The first-order chi connectivity index (χ1) is 6.81. The SMILES string of the molecule is C=CN(N=C)c1ccc(ONC)cc1. The molecule has 0 spiro atoms. The number of benzene rings is 1. The van der Waals surface area contributed by atoms with E-state index in [0.717, 1.165) is 11.4 Å². The summed E-state index contributed by atoms with van der Waals surface area (Å²) >= 11 is 0. The topological polar surface area (TPSA) is 36.9 Å². The summed E-state index contributed by atoms with van der Waals surface area (Å²) in [5.41, 5.74) is 3.48. The Kier molecular flexibility index (Phi) is 3.69. The monoisotopic (exact) mass is 191 g/mol. The molecule has 0 amide bonds. The average Bonchev–Trinajstić information content (AvgIpc) is 2.23. The molecule has 1 aromatic rings. The summed E-state index contributed by atoms with van der Waals surface area (Å²) in [5, 5.41) is 5.33. The molecule has 4 nitrogen and oxygen atoms in total. The second-order valence-electron chi connectivity index (χ2n) is 2.47. The van der Waals surface area contributed by atoms with Crippen LogP contribution in [0.2, 0.25) is 0 Å². The van der Waals surface area contributed by atoms with Gasteiger partial charge in [-0.2, -0.15) is 10.6 Å². The lowest BCUT2D eigenvalue weighted by molar-refractivity contribution is 0.224. The van der Waals surface area contributed by atoms with Crippen molar-refractivity contribution in [2.45, 2.75) is 0 Å². The van der Waals surface area contributed by atoms with Gasteiger partial charge >= 0.3 is 0 Å². The van der Waals surface area contributed by atoms with Crippen LogP contribution in [0.5, 0.6) is 5.75 Å². The van der Waals surface area contributed by atoms with Crippen molar-refractivity contribution >= 4 is 12.4 Å². The van der Waals surface area contributed by atoms with E-state index in [1.807, 2.05) is 24.3 Å². The van der Waals surface area contributed by atoms with Crippen molar-refractivity contribution in [3.05, 3.63) is 37.0 Å². The Balaban J connectivity index is 2.81. The lowest BCUT2D eigenvalue weighted by Crippen LogP contribution is -2.11. The number of hydrogen-bond acceptors (Lipinski definition) is 4. The van der Waals surface area contributed by atoms with E-state index >= 15 is 0 Å². The first-order valence-electron chi connectivity index (χ1n) is 4.14. The molecule has 1 N–H and O–H groups in total. The second kappa shape index (κ2) is 5.04. The zero-order chi connectivity index (χ0) is 10.4. The highest BCUT2D eigenvalue weighted by Crippen LogP contribution is 2.19. The highest BCUT2D eigenvalue weighted by molar-refractivity contribution is 5.51. The van der Waals surface area contributed by atoms with Crippen LogP contribution in [0, 0.1) is 0 Å². The van der Waals surface area contributed by atoms with Gasteiger partial charge in [-0.25, -0.2) is 5.01 Å². The fourth-order valence-electron chi connectivity index (χ4n) is 1.03. The quantitative estimate of drug-likeness (QED) is 0.569. The summed E-state index contributed by atoms with van der Waals surface area (Å²) < 4.78 is 0. The van der Waals surface area contributed by atoms with Gasteiger partial charge in [-0.1, -0.05) is 6.58 Å². The van der Waals surface area contributed by atoms with E-state index in [1.165, 1.54) is 0 Å². The third-order valence-electron chi connectivity index (χ3n) is 1.65. The van der Waals surface area contributed by atoms with Gasteiger partial charge in [0.1, 0.15) is 5.75 Å². The summed E-state index contributed by atoms with van der Waals surface area (Å²) in [4.78, 5) is 5.07. The van der Waals surface area contributed by atoms with Crippen molar-refractivity contribution in [3.8, 4) is 5.75 Å². The van der Waals surface area contributed by atoms with Gasteiger partial charge in [0.15, 0.2) is 0 Å². The summed E-state index contributed by atoms with van der Waals surface area (Å²) in [6.45, 7) is 7.04. The maximum atomic E-state index is 5.07. The van der Waals surface area contributed by atoms with Crippen LogP contribution >= 0.6 is 0 Å². The minimum atomic E-state index is 0.740. The number of nitrogens with one attached hydrogen (secondary N) is 1. The van der Waals surface area contributed by atoms with Crippen molar-refractivity contribution in [1.82, 2.24) is 5.48 Å². The molecule has 14 heavy (non-hydrogen) atoms. The van der Waals surface area contributed by atoms with Gasteiger partial charge in [-0.05, 0) is 24.3 Å². The normalized spacial score (nSPS) is 9.21. The molecule has 0 aliphatic heterocycles. The zero-order valence-corrected chi connectivity index (χ0v) is 8.10. The Hall–Kier alpha value is -1.81. The van der Waals surface area contributed by atoms with Gasteiger partial charge in [0.25, 0.3) is 0 Å². The number of nitrogens with zero attached hydrogens (tertiary/aromatic N) is 2. The minimum absolute atomic E-state index is 0.740. The summed E-state index contributed by atoms with van der Waals surface area (Å²) in [6, 6.07) is 7.38. The fraction of sp³-hybridized carbons (Fsp3) is 0.100. The average molecular weight is 191 g/mol. The van der Waals surface area contributed by atoms with Gasteiger partial charge < -0.3 is 4.84 Å². The molecule has 0 aromatic heterocycles. The van der Waals surface area contributed by atoms with Gasteiger partial charge in [-0.15, -0.1) is 0 Å². The minimum Gasteiger partial charge on any atom is -0.409 e. The second-order valence-corrected chi connectivity index (χ2v) is 2.47. The summed E-state index contributed by atoms with van der Waals surface area (Å²) in [5.74, 6) is 0.740. The van der Waals surface area contributed by atoms with Crippen LogP contribution in [0.3, 0.4) is 0 Å². The van der Waals surface area contributed by atoms with Gasteiger partial charge in [0.05, 0.1) is 5.69 Å². The van der Waals surface area contributed by atoms with Crippen LogP contribution in [-0.4, -0.2) is 13.8 Å². The Labute approximate surface area is 83.4 Å². The van der Waals surface area contributed by atoms with Crippen LogP contribution in [0.15, 0.2) is 42.1 Å². The number of hydrogen-bond donors (Lipinski definition) is 1. The molecule has 0 aliphatic rings. The molecule has 4 heteroatoms.